The van der Waals surface area contributed by atoms with Crippen molar-refractivity contribution in [1.29, 1.82) is 0 Å². The Morgan fingerprint density at radius 3 is 2.22 bits per heavy atom. The van der Waals surface area contributed by atoms with E-state index in [4.69, 9.17) is 4.74 Å². The Kier molecular flexibility index (Phi) is 9.96. The summed E-state index contributed by atoms with van der Waals surface area (Å²) in [6.45, 7) is 19.9. The van der Waals surface area contributed by atoms with Crippen molar-refractivity contribution in [3.8, 4) is 0 Å². The molecule has 1 rings (SSSR count). The minimum absolute atomic E-state index is 0.00799. The fourth-order valence-electron chi connectivity index (χ4n) is 3.70. The molecule has 0 aromatic heterocycles. The molecule has 1 fully saturated rings. The maximum absolute atomic E-state index is 12.6. The lowest BCUT2D eigenvalue weighted by Gasteiger charge is -2.26. The lowest BCUT2D eigenvalue weighted by molar-refractivity contribution is -0.140. The van der Waals surface area contributed by atoms with Crippen LogP contribution in [0.15, 0.2) is 0 Å². The summed E-state index contributed by atoms with van der Waals surface area (Å²) < 4.78 is 5.76. The van der Waals surface area contributed by atoms with E-state index in [0.29, 0.717) is 38.0 Å². The van der Waals surface area contributed by atoms with Gasteiger partial charge >= 0.3 is 0 Å². The smallest absolute Gasteiger partial charge is 0.232 e. The zero-order chi connectivity index (χ0) is 20.6. The quantitative estimate of drug-likeness (QED) is 0.359. The third-order valence-electron chi connectivity index (χ3n) is 5.35. The summed E-state index contributed by atoms with van der Waals surface area (Å²) in [6, 6.07) is 0. The summed E-state index contributed by atoms with van der Waals surface area (Å²) in [6.07, 6.45) is 2.15. The van der Waals surface area contributed by atoms with Gasteiger partial charge in [0.15, 0.2) is 0 Å². The van der Waals surface area contributed by atoms with Gasteiger partial charge in [-0.25, -0.2) is 0 Å². The zero-order valence-corrected chi connectivity index (χ0v) is 18.7. The molecule has 27 heavy (non-hydrogen) atoms. The SMILES string of the molecule is CCC(C)(C)CC1CC(=O)N(CCOCCN(CC(C)C)CC(C)C)C1=O. The molecule has 0 spiro atoms. The highest BCUT2D eigenvalue weighted by molar-refractivity contribution is 6.03. The van der Waals surface area contributed by atoms with Crippen LogP contribution in [0.25, 0.3) is 0 Å². The van der Waals surface area contributed by atoms with Gasteiger partial charge in [-0.05, 0) is 23.7 Å². The molecule has 0 saturated carbocycles. The highest BCUT2D eigenvalue weighted by Crippen LogP contribution is 2.34. The zero-order valence-electron chi connectivity index (χ0n) is 18.7. The number of hydrogen-bond acceptors (Lipinski definition) is 4. The summed E-state index contributed by atoms with van der Waals surface area (Å²) in [7, 11) is 0. The van der Waals surface area contributed by atoms with Crippen LogP contribution < -0.4 is 0 Å². The van der Waals surface area contributed by atoms with Crippen molar-refractivity contribution in [2.24, 2.45) is 23.2 Å². The first-order valence-corrected chi connectivity index (χ1v) is 10.7. The molecule has 0 aliphatic carbocycles. The van der Waals surface area contributed by atoms with Crippen molar-refractivity contribution >= 4 is 11.8 Å². The van der Waals surface area contributed by atoms with Gasteiger partial charge in [-0.15, -0.1) is 0 Å². The number of rotatable bonds is 13. The van der Waals surface area contributed by atoms with Gasteiger partial charge in [0, 0.05) is 32.0 Å². The lowest BCUT2D eigenvalue weighted by Crippen LogP contribution is -2.36. The Balaban J connectivity index is 2.36. The lowest BCUT2D eigenvalue weighted by atomic mass is 9.80. The monoisotopic (exact) mass is 382 g/mol. The van der Waals surface area contributed by atoms with E-state index < -0.39 is 0 Å². The van der Waals surface area contributed by atoms with Crippen LogP contribution in [0.1, 0.15) is 67.7 Å². The van der Waals surface area contributed by atoms with Gasteiger partial charge in [-0.3, -0.25) is 14.5 Å². The molecule has 1 unspecified atom stereocenters. The van der Waals surface area contributed by atoms with Crippen LogP contribution in [0.3, 0.4) is 0 Å². The number of likely N-dealkylation sites (tertiary alicyclic amines) is 1. The minimum Gasteiger partial charge on any atom is -0.378 e. The van der Waals surface area contributed by atoms with Gasteiger partial charge in [0.25, 0.3) is 0 Å². The molecule has 0 aromatic carbocycles. The molecule has 158 valence electrons. The molecule has 0 aromatic rings. The number of hydrogen-bond donors (Lipinski definition) is 0. The van der Waals surface area contributed by atoms with Gasteiger partial charge in [0.05, 0.1) is 19.8 Å². The second kappa shape index (κ2) is 11.2. The number of nitrogens with zero attached hydrogens (tertiary/aromatic N) is 2. The first-order valence-electron chi connectivity index (χ1n) is 10.7. The summed E-state index contributed by atoms with van der Waals surface area (Å²) in [4.78, 5) is 28.6. The molecule has 0 bridgehead atoms. The fourth-order valence-corrected chi connectivity index (χ4v) is 3.70. The van der Waals surface area contributed by atoms with Gasteiger partial charge in [0.1, 0.15) is 0 Å². The van der Waals surface area contributed by atoms with Crippen molar-refractivity contribution in [3.05, 3.63) is 0 Å². The molecule has 5 nitrogen and oxygen atoms in total. The summed E-state index contributed by atoms with van der Waals surface area (Å²) >= 11 is 0. The number of imide groups is 1. The van der Waals surface area contributed by atoms with Crippen molar-refractivity contribution in [3.63, 3.8) is 0 Å². The summed E-state index contributed by atoms with van der Waals surface area (Å²) in [5.74, 6) is 1.06. The second-order valence-electron chi connectivity index (χ2n) is 9.67. The number of amides is 2. The van der Waals surface area contributed by atoms with Gasteiger partial charge in [0.2, 0.25) is 11.8 Å². The molecule has 1 aliphatic heterocycles. The van der Waals surface area contributed by atoms with E-state index in [9.17, 15) is 9.59 Å². The maximum atomic E-state index is 12.6. The van der Waals surface area contributed by atoms with Crippen molar-refractivity contribution in [1.82, 2.24) is 9.80 Å². The molecule has 1 heterocycles. The number of carbonyl (C=O) groups excluding carboxylic acids is 2. The first-order chi connectivity index (χ1) is 12.6. The van der Waals surface area contributed by atoms with Gasteiger partial charge in [-0.1, -0.05) is 54.9 Å². The van der Waals surface area contributed by atoms with Crippen LogP contribution in [0, 0.1) is 23.2 Å². The van der Waals surface area contributed by atoms with Crippen LogP contribution in [-0.2, 0) is 14.3 Å². The van der Waals surface area contributed by atoms with E-state index in [0.717, 1.165) is 32.5 Å². The van der Waals surface area contributed by atoms with E-state index in [-0.39, 0.29) is 23.1 Å². The molecular formula is C22H42N2O3. The molecular weight excluding hydrogens is 340 g/mol. The molecule has 1 aliphatic rings. The predicted molar refractivity (Wildman–Crippen MR) is 110 cm³/mol. The Labute approximate surface area is 166 Å². The molecule has 1 saturated heterocycles. The fraction of sp³-hybridized carbons (Fsp3) is 0.909. The molecule has 0 radical (unpaired) electrons. The predicted octanol–water partition coefficient (Wildman–Crippen LogP) is 3.82. The van der Waals surface area contributed by atoms with Gasteiger partial charge in [-0.2, -0.15) is 0 Å². The molecule has 1 atom stereocenters. The Hall–Kier alpha value is -0.940. The van der Waals surface area contributed by atoms with E-state index in [1.807, 2.05) is 0 Å². The van der Waals surface area contributed by atoms with E-state index in [2.05, 4.69) is 53.4 Å². The first kappa shape index (κ1) is 24.1. The normalized spacial score (nSPS) is 18.6. The molecule has 2 amide bonds. The largest absolute Gasteiger partial charge is 0.378 e. The van der Waals surface area contributed by atoms with Crippen LogP contribution in [-0.4, -0.2) is 61.0 Å². The number of ether oxygens (including phenoxy) is 1. The third-order valence-corrected chi connectivity index (χ3v) is 5.35. The Morgan fingerprint density at radius 1 is 1.11 bits per heavy atom. The molecule has 5 heteroatoms. The standard InChI is InChI=1S/C22H42N2O3/c1-8-22(6,7)14-19-13-20(25)24(21(19)26)10-12-27-11-9-23(15-17(2)3)16-18(4)5/h17-19H,8-16H2,1-7H3. The van der Waals surface area contributed by atoms with Crippen molar-refractivity contribution < 1.29 is 14.3 Å². The Morgan fingerprint density at radius 2 is 1.70 bits per heavy atom. The highest BCUT2D eigenvalue weighted by Gasteiger charge is 2.40. The second-order valence-corrected chi connectivity index (χ2v) is 9.67. The van der Waals surface area contributed by atoms with Gasteiger partial charge < -0.3 is 9.64 Å². The van der Waals surface area contributed by atoms with Crippen LogP contribution in [0.2, 0.25) is 0 Å². The van der Waals surface area contributed by atoms with E-state index >= 15 is 0 Å². The molecule has 0 N–H and O–H groups in total. The van der Waals surface area contributed by atoms with Crippen molar-refractivity contribution in [2.75, 3.05) is 39.4 Å². The average Bonchev–Trinajstić information content (AvgIpc) is 2.79. The number of carbonyl (C=O) groups is 2. The van der Waals surface area contributed by atoms with E-state index in [1.54, 1.807) is 0 Å². The summed E-state index contributed by atoms with van der Waals surface area (Å²) in [5, 5.41) is 0. The van der Waals surface area contributed by atoms with Crippen LogP contribution >= 0.6 is 0 Å². The Bertz CT molecular complexity index is 464. The minimum atomic E-state index is -0.153. The third kappa shape index (κ3) is 8.73. The summed E-state index contributed by atoms with van der Waals surface area (Å²) in [5.41, 5.74) is 0.101. The highest BCUT2D eigenvalue weighted by atomic mass is 16.5. The maximum Gasteiger partial charge on any atom is 0.232 e. The average molecular weight is 383 g/mol. The van der Waals surface area contributed by atoms with Crippen molar-refractivity contribution in [2.45, 2.75) is 67.7 Å². The van der Waals surface area contributed by atoms with Crippen LogP contribution in [0.4, 0.5) is 0 Å². The topological polar surface area (TPSA) is 49.9 Å². The van der Waals surface area contributed by atoms with E-state index in [1.165, 1.54) is 4.90 Å². The van der Waals surface area contributed by atoms with Crippen LogP contribution in [0.5, 0.6) is 0 Å².